The Labute approximate surface area is 138 Å². The molecule has 2 aliphatic rings. The second kappa shape index (κ2) is 6.06. The minimum atomic E-state index is -0.711. The molecule has 3 atom stereocenters. The van der Waals surface area contributed by atoms with Crippen LogP contribution in [0.4, 0.5) is 0 Å². The lowest BCUT2D eigenvalue weighted by molar-refractivity contribution is -0.100. The van der Waals surface area contributed by atoms with Gasteiger partial charge in [-0.1, -0.05) is 42.8 Å². The molecular weight excluding hydrogens is 284 g/mol. The lowest BCUT2D eigenvalue weighted by atomic mass is 9.72. The Morgan fingerprint density at radius 1 is 1.04 bits per heavy atom. The summed E-state index contributed by atoms with van der Waals surface area (Å²) >= 11 is 0. The van der Waals surface area contributed by atoms with Crippen molar-refractivity contribution in [1.82, 2.24) is 9.88 Å². The molecule has 1 N–H and O–H groups in total. The van der Waals surface area contributed by atoms with Crippen molar-refractivity contribution in [1.29, 1.82) is 0 Å². The van der Waals surface area contributed by atoms with E-state index in [2.05, 4.69) is 40.2 Å². The molecule has 120 valence electrons. The third-order valence-corrected chi connectivity index (χ3v) is 5.57. The van der Waals surface area contributed by atoms with Crippen molar-refractivity contribution in [2.24, 2.45) is 0 Å². The number of hydrogen-bond donors (Lipinski definition) is 1. The van der Waals surface area contributed by atoms with Crippen LogP contribution in [0.5, 0.6) is 0 Å². The predicted octanol–water partition coefficient (Wildman–Crippen LogP) is 3.49. The van der Waals surface area contributed by atoms with E-state index in [1.807, 2.05) is 18.3 Å². The Kier molecular flexibility index (Phi) is 3.92. The van der Waals surface area contributed by atoms with E-state index in [-0.39, 0.29) is 0 Å². The number of piperidine rings is 2. The maximum Gasteiger partial charge on any atom is 0.0941 e. The molecule has 3 nitrogen and oxygen atoms in total. The summed E-state index contributed by atoms with van der Waals surface area (Å²) in [6.45, 7) is 0.999. The highest BCUT2D eigenvalue weighted by Gasteiger charge is 2.46. The molecule has 0 radical (unpaired) electrons. The van der Waals surface area contributed by atoms with E-state index in [1.165, 1.54) is 24.8 Å². The average Bonchev–Trinajstić information content (AvgIpc) is 2.58. The molecule has 0 amide bonds. The van der Waals surface area contributed by atoms with Crippen LogP contribution < -0.4 is 0 Å². The number of fused-ring (bicyclic) bond motifs is 2. The summed E-state index contributed by atoms with van der Waals surface area (Å²) in [5.74, 6) is 0. The molecule has 2 bridgehead atoms. The van der Waals surface area contributed by atoms with Crippen LogP contribution in [0.25, 0.3) is 0 Å². The normalized spacial score (nSPS) is 31.0. The van der Waals surface area contributed by atoms with Crippen molar-refractivity contribution in [2.45, 2.75) is 56.3 Å². The number of nitrogens with zero attached hydrogens (tertiary/aromatic N) is 2. The smallest absolute Gasteiger partial charge is 0.0941 e. The van der Waals surface area contributed by atoms with Crippen molar-refractivity contribution < 1.29 is 5.11 Å². The van der Waals surface area contributed by atoms with Gasteiger partial charge in [-0.05, 0) is 37.3 Å². The van der Waals surface area contributed by atoms with Gasteiger partial charge < -0.3 is 5.11 Å². The highest BCUT2D eigenvalue weighted by Crippen LogP contribution is 2.44. The number of hydrogen-bond acceptors (Lipinski definition) is 3. The van der Waals surface area contributed by atoms with Crippen molar-refractivity contribution in [3.63, 3.8) is 0 Å². The zero-order chi connectivity index (χ0) is 15.7. The van der Waals surface area contributed by atoms with Gasteiger partial charge in [0.25, 0.3) is 0 Å². The third-order valence-electron chi connectivity index (χ3n) is 5.57. The zero-order valence-electron chi connectivity index (χ0n) is 13.4. The first kappa shape index (κ1) is 14.9. The molecule has 1 aromatic heterocycles. The van der Waals surface area contributed by atoms with Gasteiger partial charge in [-0.3, -0.25) is 9.88 Å². The predicted molar refractivity (Wildman–Crippen MR) is 90.8 cm³/mol. The molecule has 0 spiro atoms. The fraction of sp³-hybridized carbons (Fsp3) is 0.450. The van der Waals surface area contributed by atoms with Gasteiger partial charge in [0.15, 0.2) is 0 Å². The Bertz CT molecular complexity index is 629. The molecule has 2 saturated heterocycles. The topological polar surface area (TPSA) is 36.4 Å². The summed E-state index contributed by atoms with van der Waals surface area (Å²) in [6.07, 6.45) is 8.91. The van der Waals surface area contributed by atoms with Crippen molar-refractivity contribution in [3.8, 4) is 0 Å². The molecule has 0 aliphatic carbocycles. The average molecular weight is 308 g/mol. The van der Waals surface area contributed by atoms with Crippen LogP contribution in [0.2, 0.25) is 0 Å². The maximum absolute atomic E-state index is 11.3. The van der Waals surface area contributed by atoms with Gasteiger partial charge in [0, 0.05) is 36.6 Å². The van der Waals surface area contributed by atoms with Gasteiger partial charge in [-0.2, -0.15) is 0 Å². The largest absolute Gasteiger partial charge is 0.385 e. The van der Waals surface area contributed by atoms with Crippen LogP contribution in [-0.2, 0) is 12.1 Å². The molecule has 2 aliphatic heterocycles. The lowest BCUT2D eigenvalue weighted by Crippen LogP contribution is -2.56. The summed E-state index contributed by atoms with van der Waals surface area (Å²) < 4.78 is 0. The highest BCUT2D eigenvalue weighted by atomic mass is 16.3. The van der Waals surface area contributed by atoms with Gasteiger partial charge in [-0.25, -0.2) is 0 Å². The van der Waals surface area contributed by atoms with E-state index in [4.69, 9.17) is 0 Å². The molecular formula is C20H24N2O. The summed E-state index contributed by atoms with van der Waals surface area (Å²) in [5.41, 5.74) is 1.64. The second-order valence-electron chi connectivity index (χ2n) is 7.08. The first-order chi connectivity index (χ1) is 11.2. The second-order valence-corrected chi connectivity index (χ2v) is 7.08. The first-order valence-corrected chi connectivity index (χ1v) is 8.67. The van der Waals surface area contributed by atoms with Crippen LogP contribution in [0.3, 0.4) is 0 Å². The van der Waals surface area contributed by atoms with Gasteiger partial charge in [0.2, 0.25) is 0 Å². The zero-order valence-corrected chi connectivity index (χ0v) is 13.4. The molecule has 1 aromatic carbocycles. The highest BCUT2D eigenvalue weighted by molar-refractivity contribution is 5.22. The van der Waals surface area contributed by atoms with E-state index in [1.54, 1.807) is 6.20 Å². The lowest BCUT2D eigenvalue weighted by Gasteiger charge is -2.52. The van der Waals surface area contributed by atoms with Crippen LogP contribution >= 0.6 is 0 Å². The summed E-state index contributed by atoms with van der Waals surface area (Å²) in [4.78, 5) is 6.84. The molecule has 3 heterocycles. The molecule has 0 unspecified atom stereocenters. The van der Waals surface area contributed by atoms with Crippen LogP contribution in [0, 0.1) is 0 Å². The van der Waals surface area contributed by atoms with Gasteiger partial charge in [-0.15, -0.1) is 0 Å². The molecule has 23 heavy (non-hydrogen) atoms. The monoisotopic (exact) mass is 308 g/mol. The SMILES string of the molecule is O[C@@]1(c2cccnc2)C[C@H]2CCC[C@@H](C1)N2Cc1ccccc1. The van der Waals surface area contributed by atoms with Gasteiger partial charge >= 0.3 is 0 Å². The Hall–Kier alpha value is -1.71. The molecule has 3 heteroatoms. The number of aliphatic hydroxyl groups is 1. The Morgan fingerprint density at radius 3 is 2.43 bits per heavy atom. The van der Waals surface area contributed by atoms with E-state index in [9.17, 15) is 5.11 Å². The molecule has 0 saturated carbocycles. The van der Waals surface area contributed by atoms with Crippen molar-refractivity contribution in [2.75, 3.05) is 0 Å². The minimum Gasteiger partial charge on any atom is -0.385 e. The van der Waals surface area contributed by atoms with Crippen LogP contribution in [0.15, 0.2) is 54.9 Å². The fourth-order valence-corrected chi connectivity index (χ4v) is 4.45. The first-order valence-electron chi connectivity index (χ1n) is 8.67. The summed E-state index contributed by atoms with van der Waals surface area (Å²) in [7, 11) is 0. The third kappa shape index (κ3) is 2.91. The number of benzene rings is 1. The van der Waals surface area contributed by atoms with Crippen molar-refractivity contribution >= 4 is 0 Å². The van der Waals surface area contributed by atoms with E-state index in [0.29, 0.717) is 12.1 Å². The van der Waals surface area contributed by atoms with Gasteiger partial charge in [0.05, 0.1) is 5.60 Å². The molecule has 2 fully saturated rings. The Morgan fingerprint density at radius 2 is 1.78 bits per heavy atom. The number of pyridine rings is 1. The summed E-state index contributed by atoms with van der Waals surface area (Å²) in [6, 6.07) is 15.6. The quantitative estimate of drug-likeness (QED) is 0.943. The number of rotatable bonds is 3. The van der Waals surface area contributed by atoms with Crippen LogP contribution in [0.1, 0.15) is 43.2 Å². The number of aromatic nitrogens is 1. The maximum atomic E-state index is 11.3. The summed E-state index contributed by atoms with van der Waals surface area (Å²) in [5, 5.41) is 11.3. The van der Waals surface area contributed by atoms with Crippen molar-refractivity contribution in [3.05, 3.63) is 66.0 Å². The molecule has 4 rings (SSSR count). The minimum absolute atomic E-state index is 0.466. The Balaban J connectivity index is 1.57. The van der Waals surface area contributed by atoms with Gasteiger partial charge in [0.1, 0.15) is 0 Å². The standard InChI is InChI=1S/C20H24N2O/c23-20(17-8-5-11-21-14-17)12-18-9-4-10-19(13-20)22(18)15-16-6-2-1-3-7-16/h1-3,5-8,11,14,18-19,23H,4,9-10,12-13,15H2/t18-,19+,20+. The van der Waals surface area contributed by atoms with E-state index >= 15 is 0 Å². The fourth-order valence-electron chi connectivity index (χ4n) is 4.45. The van der Waals surface area contributed by atoms with E-state index < -0.39 is 5.60 Å². The van der Waals surface area contributed by atoms with E-state index in [0.717, 1.165) is 24.9 Å². The molecule has 2 aromatic rings. The van der Waals surface area contributed by atoms with Crippen LogP contribution in [-0.4, -0.2) is 27.1 Å².